The van der Waals surface area contributed by atoms with Gasteiger partial charge in [-0.1, -0.05) is 11.6 Å². The highest BCUT2D eigenvalue weighted by molar-refractivity contribution is 7.91. The van der Waals surface area contributed by atoms with E-state index in [-0.39, 0.29) is 10.6 Å². The lowest BCUT2D eigenvalue weighted by Crippen LogP contribution is -2.12. The number of rotatable bonds is 3. The minimum Gasteiger partial charge on any atom is -0.224 e. The van der Waals surface area contributed by atoms with Gasteiger partial charge in [-0.05, 0) is 31.2 Å². The molecule has 0 saturated heterocycles. The molecule has 1 unspecified atom stereocenters. The fourth-order valence-corrected chi connectivity index (χ4v) is 2.71. The summed E-state index contributed by atoms with van der Waals surface area (Å²) >= 11 is 5.65. The average molecular weight is 244 g/mol. The van der Waals surface area contributed by atoms with Crippen molar-refractivity contribution in [1.29, 1.82) is 5.26 Å². The zero-order valence-electron chi connectivity index (χ0n) is 8.14. The summed E-state index contributed by atoms with van der Waals surface area (Å²) < 4.78 is 23.4. The molecule has 0 aliphatic carbocycles. The van der Waals surface area contributed by atoms with Crippen LogP contribution in [-0.4, -0.2) is 14.2 Å². The largest absolute Gasteiger partial charge is 0.224 e. The number of nitriles is 1. The second-order valence-corrected chi connectivity index (χ2v) is 5.74. The number of halogens is 1. The van der Waals surface area contributed by atoms with Crippen LogP contribution < -0.4 is 0 Å². The first-order valence-electron chi connectivity index (χ1n) is 4.33. The van der Waals surface area contributed by atoms with Gasteiger partial charge in [0, 0.05) is 5.02 Å². The molecule has 0 amide bonds. The van der Waals surface area contributed by atoms with Gasteiger partial charge in [0.25, 0.3) is 0 Å². The summed E-state index contributed by atoms with van der Waals surface area (Å²) in [5, 5.41) is 9.04. The monoisotopic (exact) mass is 243 g/mol. The van der Waals surface area contributed by atoms with E-state index < -0.39 is 15.8 Å². The van der Waals surface area contributed by atoms with Crippen molar-refractivity contribution in [2.45, 2.75) is 11.8 Å². The molecule has 0 N–H and O–H groups in total. The number of nitrogens with zero attached hydrogens (tertiary/aromatic N) is 1. The summed E-state index contributed by atoms with van der Waals surface area (Å²) in [6.07, 6.45) is 0. The van der Waals surface area contributed by atoms with Crippen LogP contribution in [0.5, 0.6) is 0 Å². The summed E-state index contributed by atoms with van der Waals surface area (Å²) in [4.78, 5) is 0.203. The lowest BCUT2D eigenvalue weighted by molar-refractivity contribution is 0.589. The quantitative estimate of drug-likeness (QED) is 0.818. The first-order chi connectivity index (χ1) is 6.95. The molecule has 0 radical (unpaired) electrons. The molecule has 1 aromatic rings. The number of sulfone groups is 1. The Balaban J connectivity index is 2.98. The van der Waals surface area contributed by atoms with Crippen molar-refractivity contribution >= 4 is 21.4 Å². The van der Waals surface area contributed by atoms with Crippen molar-refractivity contribution < 1.29 is 8.42 Å². The van der Waals surface area contributed by atoms with Crippen molar-refractivity contribution in [3.05, 3.63) is 29.3 Å². The van der Waals surface area contributed by atoms with E-state index in [0.717, 1.165) is 0 Å². The van der Waals surface area contributed by atoms with Crippen LogP contribution in [0, 0.1) is 17.2 Å². The minimum atomic E-state index is -3.37. The van der Waals surface area contributed by atoms with Crippen LogP contribution in [0.25, 0.3) is 0 Å². The maximum absolute atomic E-state index is 11.7. The summed E-state index contributed by atoms with van der Waals surface area (Å²) in [7, 11) is -3.37. The van der Waals surface area contributed by atoms with Crippen LogP contribution in [0.3, 0.4) is 0 Å². The molecule has 0 aliphatic rings. The third kappa shape index (κ3) is 3.22. The molecular formula is C10H10ClNO2S. The van der Waals surface area contributed by atoms with E-state index in [0.29, 0.717) is 5.02 Å². The Labute approximate surface area is 94.2 Å². The zero-order valence-corrected chi connectivity index (χ0v) is 9.72. The third-order valence-electron chi connectivity index (χ3n) is 1.86. The van der Waals surface area contributed by atoms with Gasteiger partial charge < -0.3 is 0 Å². The molecule has 1 aromatic carbocycles. The van der Waals surface area contributed by atoms with Gasteiger partial charge in [-0.3, -0.25) is 0 Å². The first kappa shape index (κ1) is 12.0. The first-order valence-corrected chi connectivity index (χ1v) is 6.36. The second kappa shape index (κ2) is 4.65. The normalized spacial score (nSPS) is 13.1. The lowest BCUT2D eigenvalue weighted by Gasteiger charge is -2.05. The van der Waals surface area contributed by atoms with Crippen LogP contribution in [-0.2, 0) is 9.84 Å². The van der Waals surface area contributed by atoms with E-state index in [4.69, 9.17) is 16.9 Å². The van der Waals surface area contributed by atoms with Crippen molar-refractivity contribution in [2.75, 3.05) is 5.75 Å². The molecule has 15 heavy (non-hydrogen) atoms. The van der Waals surface area contributed by atoms with Crippen molar-refractivity contribution in [3.63, 3.8) is 0 Å². The highest BCUT2D eigenvalue weighted by atomic mass is 35.5. The highest BCUT2D eigenvalue weighted by Gasteiger charge is 2.17. The van der Waals surface area contributed by atoms with E-state index in [2.05, 4.69) is 0 Å². The molecule has 0 aromatic heterocycles. The van der Waals surface area contributed by atoms with Crippen LogP contribution in [0.15, 0.2) is 29.2 Å². The predicted octanol–water partition coefficient (Wildman–Crippen LogP) is 2.27. The zero-order chi connectivity index (χ0) is 11.5. The van der Waals surface area contributed by atoms with Gasteiger partial charge in [-0.2, -0.15) is 5.26 Å². The van der Waals surface area contributed by atoms with Crippen molar-refractivity contribution in [1.82, 2.24) is 0 Å². The lowest BCUT2D eigenvalue weighted by atomic mass is 10.3. The van der Waals surface area contributed by atoms with E-state index in [1.807, 2.05) is 6.07 Å². The topological polar surface area (TPSA) is 57.9 Å². The molecule has 5 heteroatoms. The molecule has 0 aliphatic heterocycles. The number of benzene rings is 1. The number of hydrogen-bond acceptors (Lipinski definition) is 3. The molecular weight excluding hydrogens is 234 g/mol. The Morgan fingerprint density at radius 1 is 1.40 bits per heavy atom. The highest BCUT2D eigenvalue weighted by Crippen LogP contribution is 2.17. The van der Waals surface area contributed by atoms with Crippen LogP contribution >= 0.6 is 11.6 Å². The third-order valence-corrected chi connectivity index (χ3v) is 4.04. The SMILES string of the molecule is CC(C#N)CS(=O)(=O)c1ccc(Cl)cc1. The van der Waals surface area contributed by atoms with Crippen LogP contribution in [0.2, 0.25) is 5.02 Å². The van der Waals surface area contributed by atoms with Crippen LogP contribution in [0.4, 0.5) is 0 Å². The molecule has 0 heterocycles. The summed E-state index contributed by atoms with van der Waals surface area (Å²) in [5.74, 6) is -0.670. The molecule has 0 fully saturated rings. The molecule has 80 valence electrons. The summed E-state index contributed by atoms with van der Waals surface area (Å²) in [6, 6.07) is 7.83. The van der Waals surface area contributed by atoms with E-state index in [1.165, 1.54) is 24.3 Å². The van der Waals surface area contributed by atoms with Gasteiger partial charge in [0.05, 0.1) is 22.6 Å². The van der Waals surface area contributed by atoms with Crippen molar-refractivity contribution in [3.8, 4) is 6.07 Å². The Kier molecular flexibility index (Phi) is 3.72. The smallest absolute Gasteiger partial charge is 0.179 e. The maximum atomic E-state index is 11.7. The Morgan fingerprint density at radius 2 is 1.93 bits per heavy atom. The van der Waals surface area contributed by atoms with Gasteiger partial charge in [0.15, 0.2) is 9.84 Å². The fraction of sp³-hybridized carbons (Fsp3) is 0.300. The second-order valence-electron chi connectivity index (χ2n) is 3.27. The molecule has 1 rings (SSSR count). The molecule has 1 atom stereocenters. The number of hydrogen-bond donors (Lipinski definition) is 0. The Morgan fingerprint density at radius 3 is 2.40 bits per heavy atom. The van der Waals surface area contributed by atoms with Gasteiger partial charge in [-0.15, -0.1) is 0 Å². The van der Waals surface area contributed by atoms with Crippen LogP contribution in [0.1, 0.15) is 6.92 Å². The van der Waals surface area contributed by atoms with Gasteiger partial charge >= 0.3 is 0 Å². The fourth-order valence-electron chi connectivity index (χ4n) is 1.10. The maximum Gasteiger partial charge on any atom is 0.179 e. The van der Waals surface area contributed by atoms with Gasteiger partial charge in [0.2, 0.25) is 0 Å². The molecule has 0 spiro atoms. The van der Waals surface area contributed by atoms with E-state index in [1.54, 1.807) is 6.92 Å². The van der Waals surface area contributed by atoms with E-state index in [9.17, 15) is 8.42 Å². The van der Waals surface area contributed by atoms with Gasteiger partial charge in [0.1, 0.15) is 0 Å². The molecule has 0 saturated carbocycles. The summed E-state index contributed by atoms with van der Waals surface area (Å²) in [6.45, 7) is 1.58. The van der Waals surface area contributed by atoms with E-state index >= 15 is 0 Å². The molecule has 3 nitrogen and oxygen atoms in total. The average Bonchev–Trinajstić information content (AvgIpc) is 2.17. The Bertz CT molecular complexity index is 473. The van der Waals surface area contributed by atoms with Gasteiger partial charge in [-0.25, -0.2) is 8.42 Å². The summed E-state index contributed by atoms with van der Waals surface area (Å²) in [5.41, 5.74) is 0. The molecule has 0 bridgehead atoms. The minimum absolute atomic E-state index is 0.162. The standard InChI is InChI=1S/C10H10ClNO2S/c1-8(6-12)7-15(13,14)10-4-2-9(11)3-5-10/h2-5,8H,7H2,1H3. The predicted molar refractivity (Wildman–Crippen MR) is 58.3 cm³/mol. The Hall–Kier alpha value is -1.05. The van der Waals surface area contributed by atoms with Crippen molar-refractivity contribution in [2.24, 2.45) is 5.92 Å².